The lowest BCUT2D eigenvalue weighted by Crippen LogP contribution is -2.40. The van der Waals surface area contributed by atoms with Crippen molar-refractivity contribution < 1.29 is 23.8 Å². The Bertz CT molecular complexity index is 1570. The number of rotatable bonds is 8. The van der Waals surface area contributed by atoms with E-state index in [1.54, 1.807) is 17.6 Å². The Hall–Kier alpha value is -2.52. The van der Waals surface area contributed by atoms with Gasteiger partial charge in [0.15, 0.2) is 11.4 Å². The summed E-state index contributed by atoms with van der Waals surface area (Å²) in [5, 5.41) is 0. The van der Waals surface area contributed by atoms with E-state index in [4.69, 9.17) is 19.2 Å². The van der Waals surface area contributed by atoms with E-state index >= 15 is 0 Å². The molecule has 1 atom stereocenters. The quantitative estimate of drug-likeness (QED) is 0.255. The Morgan fingerprint density at radius 3 is 2.42 bits per heavy atom. The van der Waals surface area contributed by atoms with Gasteiger partial charge in [-0.2, -0.15) is 0 Å². The summed E-state index contributed by atoms with van der Waals surface area (Å²) in [5.41, 5.74) is 2.32. The van der Waals surface area contributed by atoms with Gasteiger partial charge in [-0.3, -0.25) is 9.36 Å². The number of aromatic nitrogens is 1. The van der Waals surface area contributed by atoms with Gasteiger partial charge in [-0.1, -0.05) is 48.6 Å². The summed E-state index contributed by atoms with van der Waals surface area (Å²) in [5.74, 6) is -0.358. The highest BCUT2D eigenvalue weighted by Gasteiger charge is 2.33. The Morgan fingerprint density at radius 1 is 1.13 bits per heavy atom. The van der Waals surface area contributed by atoms with Gasteiger partial charge >= 0.3 is 11.9 Å². The van der Waals surface area contributed by atoms with Gasteiger partial charge < -0.3 is 14.2 Å². The predicted molar refractivity (Wildman–Crippen MR) is 161 cm³/mol. The molecular formula is C27H24I2N2O6S. The standard InChI is InChI=1S/C27H24I2N2O6S/c1-4-19-22(26(34)35-3)23(16-9-7-6-8-10-16)31-25(33)20(38-27(31)30-19)13-15-11-17(28)24(18(29)12-15)37-14-21(32)36-5-2/h6-13,23H,4-5,14H2,1-3H3/b20-13-/t23-/m1/s1. The Morgan fingerprint density at radius 2 is 1.82 bits per heavy atom. The zero-order chi connectivity index (χ0) is 27.4. The number of carbonyl (C=O) groups excluding carboxylic acids is 2. The van der Waals surface area contributed by atoms with Crippen LogP contribution < -0.4 is 19.6 Å². The minimum atomic E-state index is -0.643. The average molecular weight is 758 g/mol. The van der Waals surface area contributed by atoms with E-state index in [-0.39, 0.29) is 12.2 Å². The van der Waals surface area contributed by atoms with Crippen LogP contribution in [-0.4, -0.2) is 36.8 Å². The van der Waals surface area contributed by atoms with Crippen molar-refractivity contribution in [1.29, 1.82) is 0 Å². The Labute approximate surface area is 250 Å². The van der Waals surface area contributed by atoms with Crippen LogP contribution in [0.2, 0.25) is 0 Å². The molecule has 0 spiro atoms. The van der Waals surface area contributed by atoms with Crippen LogP contribution in [0.15, 0.2) is 63.5 Å². The third-order valence-corrected chi connectivity index (χ3v) is 8.31. The summed E-state index contributed by atoms with van der Waals surface area (Å²) < 4.78 is 19.4. The summed E-state index contributed by atoms with van der Waals surface area (Å²) in [4.78, 5) is 43.6. The van der Waals surface area contributed by atoms with Crippen LogP contribution in [0.1, 0.15) is 37.4 Å². The van der Waals surface area contributed by atoms with Crippen LogP contribution in [0, 0.1) is 7.14 Å². The van der Waals surface area contributed by atoms with Gasteiger partial charge in [0.1, 0.15) is 5.75 Å². The summed E-state index contributed by atoms with van der Waals surface area (Å²) in [6.07, 6.45) is 2.32. The van der Waals surface area contributed by atoms with Crippen molar-refractivity contribution in [1.82, 2.24) is 4.57 Å². The fraction of sp³-hybridized carbons (Fsp3) is 0.259. The molecule has 0 fully saturated rings. The highest BCUT2D eigenvalue weighted by molar-refractivity contribution is 14.1. The zero-order valence-electron chi connectivity index (χ0n) is 20.8. The van der Waals surface area contributed by atoms with Crippen molar-refractivity contribution in [2.45, 2.75) is 26.3 Å². The Kier molecular flexibility index (Phi) is 9.41. The van der Waals surface area contributed by atoms with Crippen LogP contribution in [0.5, 0.6) is 5.75 Å². The van der Waals surface area contributed by atoms with Crippen molar-refractivity contribution in [3.63, 3.8) is 0 Å². The maximum absolute atomic E-state index is 13.8. The predicted octanol–water partition coefficient (Wildman–Crippen LogP) is 3.95. The molecule has 3 aromatic rings. The number of hydrogen-bond donors (Lipinski definition) is 0. The van der Waals surface area contributed by atoms with Crippen LogP contribution in [0.25, 0.3) is 6.08 Å². The minimum absolute atomic E-state index is 0.181. The molecule has 11 heteroatoms. The number of thiazole rings is 1. The molecule has 1 aromatic heterocycles. The summed E-state index contributed by atoms with van der Waals surface area (Å²) in [7, 11) is 1.33. The maximum atomic E-state index is 13.8. The van der Waals surface area contributed by atoms with E-state index < -0.39 is 18.0 Å². The van der Waals surface area contributed by atoms with Gasteiger partial charge in [-0.25, -0.2) is 14.6 Å². The van der Waals surface area contributed by atoms with Crippen LogP contribution in [-0.2, 0) is 19.1 Å². The molecule has 38 heavy (non-hydrogen) atoms. The van der Waals surface area contributed by atoms with Crippen LogP contribution in [0.3, 0.4) is 0 Å². The SMILES string of the molecule is CCOC(=O)COc1c(I)cc(/C=c2\sc3n(c2=O)[C@H](c2ccccc2)C(C(=O)OC)=C(CC)N=3)cc1I. The van der Waals surface area contributed by atoms with E-state index in [0.29, 0.717) is 39.4 Å². The number of fused-ring (bicyclic) bond motifs is 1. The summed E-state index contributed by atoms with van der Waals surface area (Å²) in [6, 6.07) is 12.5. The number of ether oxygens (including phenoxy) is 3. The van der Waals surface area contributed by atoms with E-state index in [9.17, 15) is 14.4 Å². The summed E-state index contributed by atoms with van der Waals surface area (Å²) >= 11 is 5.56. The second-order valence-electron chi connectivity index (χ2n) is 8.11. The lowest BCUT2D eigenvalue weighted by atomic mass is 9.95. The molecule has 0 unspecified atom stereocenters. The fourth-order valence-electron chi connectivity index (χ4n) is 4.10. The van der Waals surface area contributed by atoms with Crippen LogP contribution >= 0.6 is 56.5 Å². The average Bonchev–Trinajstić information content (AvgIpc) is 3.21. The number of hydrogen-bond acceptors (Lipinski definition) is 8. The zero-order valence-corrected chi connectivity index (χ0v) is 26.0. The molecule has 0 radical (unpaired) electrons. The number of halogens is 2. The number of benzene rings is 2. The normalized spacial score (nSPS) is 15.1. The first-order valence-corrected chi connectivity index (χ1v) is 14.7. The molecule has 0 bridgehead atoms. The van der Waals surface area contributed by atoms with Gasteiger partial charge in [-0.05, 0) is 87.9 Å². The molecule has 0 aliphatic carbocycles. The molecule has 1 aliphatic rings. The van der Waals surface area contributed by atoms with Gasteiger partial charge in [0.05, 0.1) is 42.7 Å². The smallest absolute Gasteiger partial charge is 0.344 e. The Balaban J connectivity index is 1.81. The second kappa shape index (κ2) is 12.6. The highest BCUT2D eigenvalue weighted by atomic mass is 127. The number of esters is 2. The topological polar surface area (TPSA) is 96.2 Å². The van der Waals surface area contributed by atoms with Crippen molar-refractivity contribution in [3.05, 3.63) is 91.7 Å². The molecule has 2 aromatic carbocycles. The first kappa shape index (κ1) is 28.5. The lowest BCUT2D eigenvalue weighted by molar-refractivity contribution is -0.145. The van der Waals surface area contributed by atoms with Crippen molar-refractivity contribution >= 4 is 74.5 Å². The van der Waals surface area contributed by atoms with E-state index in [1.165, 1.54) is 18.4 Å². The molecule has 4 rings (SSSR count). The fourth-order valence-corrected chi connectivity index (χ4v) is 7.25. The molecule has 0 amide bonds. The van der Waals surface area contributed by atoms with E-state index in [1.807, 2.05) is 49.4 Å². The molecular weight excluding hydrogens is 734 g/mol. The second-order valence-corrected chi connectivity index (χ2v) is 11.4. The van der Waals surface area contributed by atoms with Gasteiger partial charge in [-0.15, -0.1) is 0 Å². The number of carbonyl (C=O) groups is 2. The summed E-state index contributed by atoms with van der Waals surface area (Å²) in [6.45, 7) is 3.78. The molecule has 0 N–H and O–H groups in total. The number of methoxy groups -OCH3 is 1. The van der Waals surface area contributed by atoms with Gasteiger partial charge in [0.2, 0.25) is 0 Å². The van der Waals surface area contributed by atoms with Gasteiger partial charge in [0.25, 0.3) is 5.56 Å². The van der Waals surface area contributed by atoms with Gasteiger partial charge in [0, 0.05) is 0 Å². The first-order valence-electron chi connectivity index (χ1n) is 11.7. The maximum Gasteiger partial charge on any atom is 0.344 e. The molecule has 198 valence electrons. The van der Waals surface area contributed by atoms with Crippen molar-refractivity contribution in [3.8, 4) is 5.75 Å². The third-order valence-electron chi connectivity index (χ3n) is 5.72. The molecule has 0 saturated heterocycles. The van der Waals surface area contributed by atoms with Crippen molar-refractivity contribution in [2.75, 3.05) is 20.3 Å². The highest BCUT2D eigenvalue weighted by Crippen LogP contribution is 2.32. The number of nitrogens with zero attached hydrogens (tertiary/aromatic N) is 2. The lowest BCUT2D eigenvalue weighted by Gasteiger charge is -2.25. The minimum Gasteiger partial charge on any atom is -0.480 e. The van der Waals surface area contributed by atoms with Crippen LogP contribution in [0.4, 0.5) is 0 Å². The molecule has 0 saturated carbocycles. The molecule has 8 nitrogen and oxygen atoms in total. The van der Waals surface area contributed by atoms with Crippen molar-refractivity contribution in [2.24, 2.45) is 4.99 Å². The first-order chi connectivity index (χ1) is 18.3. The number of allylic oxidation sites excluding steroid dienone is 1. The largest absolute Gasteiger partial charge is 0.480 e. The molecule has 2 heterocycles. The monoisotopic (exact) mass is 758 g/mol. The molecule has 1 aliphatic heterocycles. The third kappa shape index (κ3) is 5.88. The van der Waals surface area contributed by atoms with E-state index in [0.717, 1.165) is 18.3 Å². The van der Waals surface area contributed by atoms with E-state index in [2.05, 4.69) is 45.2 Å².